The van der Waals surface area contributed by atoms with E-state index in [1.165, 1.54) is 35.2 Å². The molecule has 0 saturated heterocycles. The van der Waals surface area contributed by atoms with Crippen LogP contribution in [0.5, 0.6) is 0 Å². The molecule has 230 valence electrons. The topological polar surface area (TPSA) is 153 Å². The van der Waals surface area contributed by atoms with Crippen LogP contribution in [0.25, 0.3) is 0 Å². The molecular weight excluding hydrogens is 585 g/mol. The summed E-state index contributed by atoms with van der Waals surface area (Å²) in [5.74, 6) is -1.68. The highest BCUT2D eigenvalue weighted by Gasteiger charge is 2.27. The number of nitrogens with one attached hydrogen (secondary N) is 1. The van der Waals surface area contributed by atoms with Gasteiger partial charge in [0.1, 0.15) is 0 Å². The molecule has 43 heavy (non-hydrogen) atoms. The van der Waals surface area contributed by atoms with Gasteiger partial charge in [0.15, 0.2) is 0 Å². The van der Waals surface area contributed by atoms with E-state index in [0.29, 0.717) is 21.8 Å². The summed E-state index contributed by atoms with van der Waals surface area (Å²) in [4.78, 5) is 38.4. The Kier molecular flexibility index (Phi) is 10.8. The van der Waals surface area contributed by atoms with E-state index in [4.69, 9.17) is 11.5 Å². The molecule has 0 bridgehead atoms. The molecule has 3 amide bonds. The molecule has 1 atom stereocenters. The summed E-state index contributed by atoms with van der Waals surface area (Å²) < 4.78 is 27.9. The zero-order valence-electron chi connectivity index (χ0n) is 25.4. The molecule has 0 aromatic heterocycles. The minimum absolute atomic E-state index is 0.0252. The molecule has 11 heteroatoms. The summed E-state index contributed by atoms with van der Waals surface area (Å²) in [6.45, 7) is 9.87. The van der Waals surface area contributed by atoms with Crippen molar-refractivity contribution in [3.63, 3.8) is 0 Å². The lowest BCUT2D eigenvalue weighted by Gasteiger charge is -2.23. The Labute approximate surface area is 258 Å². The Balaban J connectivity index is 1.99. The van der Waals surface area contributed by atoms with Crippen molar-refractivity contribution < 1.29 is 22.8 Å². The Morgan fingerprint density at radius 2 is 1.53 bits per heavy atom. The van der Waals surface area contributed by atoms with Crippen LogP contribution in [-0.2, 0) is 26.7 Å². The van der Waals surface area contributed by atoms with Crippen molar-refractivity contribution in [2.45, 2.75) is 79.6 Å². The van der Waals surface area contributed by atoms with Crippen LogP contribution in [0.1, 0.15) is 72.9 Å². The number of sulfonamides is 1. The molecule has 0 aliphatic carbocycles. The van der Waals surface area contributed by atoms with Crippen LogP contribution in [0, 0.1) is 0 Å². The Morgan fingerprint density at radius 1 is 0.930 bits per heavy atom. The SMILES string of the molecule is CC(C)N(C)S(=O)(=O)c1ccc(Sc2ccc(C(N)=O)cc2)c(C(=O)N[C@@H](CC(N)=O)Cc2ccc(C(C)(C)C)cc2)c1. The molecule has 0 unspecified atom stereocenters. The van der Waals surface area contributed by atoms with E-state index < -0.39 is 33.8 Å². The zero-order chi connectivity index (χ0) is 32.1. The molecule has 3 aromatic rings. The third-order valence-corrected chi connectivity index (χ3v) is 10.2. The lowest BCUT2D eigenvalue weighted by molar-refractivity contribution is -0.118. The zero-order valence-corrected chi connectivity index (χ0v) is 27.0. The van der Waals surface area contributed by atoms with Crippen molar-refractivity contribution in [3.8, 4) is 0 Å². The Morgan fingerprint density at radius 3 is 2.05 bits per heavy atom. The lowest BCUT2D eigenvalue weighted by Crippen LogP contribution is -2.39. The van der Waals surface area contributed by atoms with Crippen LogP contribution in [0.15, 0.2) is 81.4 Å². The van der Waals surface area contributed by atoms with Crippen molar-refractivity contribution in [1.82, 2.24) is 9.62 Å². The van der Waals surface area contributed by atoms with E-state index in [-0.39, 0.29) is 28.3 Å². The van der Waals surface area contributed by atoms with Crippen molar-refractivity contribution in [1.29, 1.82) is 0 Å². The van der Waals surface area contributed by atoms with Crippen molar-refractivity contribution in [3.05, 3.63) is 89.0 Å². The lowest BCUT2D eigenvalue weighted by atomic mass is 9.86. The number of benzene rings is 3. The van der Waals surface area contributed by atoms with E-state index in [2.05, 4.69) is 26.1 Å². The number of carbonyl (C=O) groups is 3. The Hall–Kier alpha value is -3.67. The molecule has 0 heterocycles. The van der Waals surface area contributed by atoms with Crippen LogP contribution in [0.2, 0.25) is 0 Å². The van der Waals surface area contributed by atoms with Gasteiger partial charge in [-0.3, -0.25) is 14.4 Å². The molecule has 0 saturated carbocycles. The van der Waals surface area contributed by atoms with Gasteiger partial charge in [0.2, 0.25) is 21.8 Å². The summed E-state index contributed by atoms with van der Waals surface area (Å²) >= 11 is 1.23. The second-order valence-electron chi connectivity index (χ2n) is 11.8. The van der Waals surface area contributed by atoms with Gasteiger partial charge < -0.3 is 16.8 Å². The fraction of sp³-hybridized carbons (Fsp3) is 0.344. The van der Waals surface area contributed by atoms with E-state index >= 15 is 0 Å². The number of rotatable bonds is 12. The number of nitrogens with two attached hydrogens (primary N) is 2. The molecule has 0 fully saturated rings. The smallest absolute Gasteiger partial charge is 0.252 e. The standard InChI is InChI=1S/C32H40N4O5S2/c1-20(2)36(6)43(40,41)26-15-16-28(42-25-13-9-22(10-14-25)30(34)38)27(19-26)31(39)35-24(18-29(33)37)17-21-7-11-23(12-8-21)32(3,4)5/h7-16,19-20,24H,17-18H2,1-6H3,(H2,33,37)(H2,34,38)(H,35,39)/t24-/m1/s1. The van der Waals surface area contributed by atoms with Gasteiger partial charge in [-0.15, -0.1) is 0 Å². The predicted octanol–water partition coefficient (Wildman–Crippen LogP) is 4.48. The summed E-state index contributed by atoms with van der Waals surface area (Å²) in [5.41, 5.74) is 13.4. The highest BCUT2D eigenvalue weighted by molar-refractivity contribution is 7.99. The predicted molar refractivity (Wildman–Crippen MR) is 170 cm³/mol. The largest absolute Gasteiger partial charge is 0.370 e. The van der Waals surface area contributed by atoms with E-state index in [1.54, 1.807) is 44.2 Å². The fourth-order valence-corrected chi connectivity index (χ4v) is 6.62. The van der Waals surface area contributed by atoms with Gasteiger partial charge in [-0.25, -0.2) is 8.42 Å². The Bertz CT molecular complexity index is 1580. The number of primary amides is 2. The number of amides is 3. The summed E-state index contributed by atoms with van der Waals surface area (Å²) in [7, 11) is -2.41. The minimum atomic E-state index is -3.89. The molecular formula is C32H40N4O5S2. The van der Waals surface area contributed by atoms with Gasteiger partial charge in [-0.2, -0.15) is 4.31 Å². The molecule has 9 nitrogen and oxygen atoms in total. The average Bonchev–Trinajstić information content (AvgIpc) is 2.92. The van der Waals surface area contributed by atoms with Gasteiger partial charge in [0, 0.05) is 40.9 Å². The first kappa shape index (κ1) is 33.8. The summed E-state index contributed by atoms with van der Waals surface area (Å²) in [6.07, 6.45) is 0.252. The van der Waals surface area contributed by atoms with Crippen LogP contribution in [-0.4, -0.2) is 49.6 Å². The van der Waals surface area contributed by atoms with Crippen LogP contribution >= 0.6 is 11.8 Å². The van der Waals surface area contributed by atoms with Gasteiger partial charge in [-0.1, -0.05) is 56.8 Å². The maximum Gasteiger partial charge on any atom is 0.252 e. The second kappa shape index (κ2) is 13.7. The fourth-order valence-electron chi connectivity index (χ4n) is 4.30. The molecule has 0 radical (unpaired) electrons. The van der Waals surface area contributed by atoms with E-state index in [1.807, 2.05) is 24.3 Å². The van der Waals surface area contributed by atoms with Crippen LogP contribution < -0.4 is 16.8 Å². The van der Waals surface area contributed by atoms with Gasteiger partial charge in [0.05, 0.1) is 10.5 Å². The summed E-state index contributed by atoms with van der Waals surface area (Å²) in [6, 6.07) is 18.0. The summed E-state index contributed by atoms with van der Waals surface area (Å²) in [5, 5.41) is 2.92. The van der Waals surface area contributed by atoms with E-state index in [0.717, 1.165) is 11.1 Å². The number of hydrogen-bond donors (Lipinski definition) is 3. The van der Waals surface area contributed by atoms with Gasteiger partial charge in [-0.05, 0) is 79.3 Å². The van der Waals surface area contributed by atoms with Crippen LogP contribution in [0.3, 0.4) is 0 Å². The first-order valence-electron chi connectivity index (χ1n) is 13.9. The first-order chi connectivity index (χ1) is 20.0. The highest BCUT2D eigenvalue weighted by atomic mass is 32.2. The van der Waals surface area contributed by atoms with Crippen molar-refractivity contribution >= 4 is 39.5 Å². The van der Waals surface area contributed by atoms with Gasteiger partial charge in [0.25, 0.3) is 5.91 Å². The van der Waals surface area contributed by atoms with Crippen molar-refractivity contribution in [2.24, 2.45) is 11.5 Å². The number of hydrogen-bond acceptors (Lipinski definition) is 6. The minimum Gasteiger partial charge on any atom is -0.370 e. The van der Waals surface area contributed by atoms with Crippen molar-refractivity contribution in [2.75, 3.05) is 7.05 Å². The normalized spacial score (nSPS) is 12.7. The molecule has 3 aromatic carbocycles. The number of nitrogens with zero attached hydrogens (tertiary/aromatic N) is 1. The van der Waals surface area contributed by atoms with Gasteiger partial charge >= 0.3 is 0 Å². The molecule has 0 aliphatic heterocycles. The quantitative estimate of drug-likeness (QED) is 0.270. The molecule has 5 N–H and O–H groups in total. The average molecular weight is 625 g/mol. The third-order valence-electron chi connectivity index (χ3n) is 7.05. The molecule has 3 rings (SSSR count). The van der Waals surface area contributed by atoms with E-state index in [9.17, 15) is 22.8 Å². The maximum atomic E-state index is 13.8. The first-order valence-corrected chi connectivity index (χ1v) is 16.1. The number of carbonyl (C=O) groups excluding carboxylic acids is 3. The monoisotopic (exact) mass is 624 g/mol. The molecule has 0 aliphatic rings. The highest BCUT2D eigenvalue weighted by Crippen LogP contribution is 2.33. The maximum absolute atomic E-state index is 13.8. The third kappa shape index (κ3) is 8.92. The van der Waals surface area contributed by atoms with Crippen LogP contribution in [0.4, 0.5) is 0 Å². The molecule has 0 spiro atoms. The second-order valence-corrected chi connectivity index (χ2v) is 14.9.